The van der Waals surface area contributed by atoms with Gasteiger partial charge in [0.25, 0.3) is 5.56 Å². The molecule has 4 N–H and O–H groups in total. The Balaban J connectivity index is 2.10. The van der Waals surface area contributed by atoms with E-state index in [2.05, 4.69) is 15.0 Å². The van der Waals surface area contributed by atoms with Crippen LogP contribution in [0.4, 0.5) is 10.3 Å². The van der Waals surface area contributed by atoms with Crippen LogP contribution in [0.2, 0.25) is 0 Å². The average molecular weight is 265 g/mol. The summed E-state index contributed by atoms with van der Waals surface area (Å²) < 4.78 is 15.1. The number of hydrogen-bond donors (Lipinski definition) is 3. The summed E-state index contributed by atoms with van der Waals surface area (Å²) in [5.41, 5.74) is 5.54. The van der Waals surface area contributed by atoms with Crippen molar-refractivity contribution >= 4 is 17.1 Å². The molecule has 0 aromatic carbocycles. The van der Waals surface area contributed by atoms with Gasteiger partial charge in [0.1, 0.15) is 5.83 Å². The number of nitrogens with zero attached hydrogens (tertiary/aromatic N) is 3. The van der Waals surface area contributed by atoms with Crippen LogP contribution in [0.5, 0.6) is 0 Å². The lowest BCUT2D eigenvalue weighted by Gasteiger charge is -2.11. The number of halogens is 1. The molecule has 7 nitrogen and oxygen atoms in total. The lowest BCUT2D eigenvalue weighted by atomic mass is 10.1. The SMILES string of the molecule is Nc1nc2c(ncn2[C@H]2C=C(F)[C@H](CO)C2)c(=O)[nH]1. The van der Waals surface area contributed by atoms with Crippen molar-refractivity contribution in [2.75, 3.05) is 12.3 Å². The molecular formula is C11H12FN5O2. The van der Waals surface area contributed by atoms with Crippen molar-refractivity contribution in [3.05, 3.63) is 28.6 Å². The number of aromatic amines is 1. The molecule has 0 radical (unpaired) electrons. The number of fused-ring (bicyclic) bond motifs is 1. The highest BCUT2D eigenvalue weighted by molar-refractivity contribution is 5.70. The van der Waals surface area contributed by atoms with Gasteiger partial charge in [0, 0.05) is 5.92 Å². The minimum atomic E-state index is -0.512. The van der Waals surface area contributed by atoms with Gasteiger partial charge in [-0.1, -0.05) is 0 Å². The first-order chi connectivity index (χ1) is 9.10. The number of nitrogens with one attached hydrogen (secondary N) is 1. The van der Waals surface area contributed by atoms with Gasteiger partial charge in [-0.3, -0.25) is 9.78 Å². The van der Waals surface area contributed by atoms with Crippen molar-refractivity contribution in [2.45, 2.75) is 12.5 Å². The molecule has 0 amide bonds. The maximum absolute atomic E-state index is 13.5. The van der Waals surface area contributed by atoms with Gasteiger partial charge >= 0.3 is 0 Å². The second-order valence-corrected chi connectivity index (χ2v) is 4.51. The Morgan fingerprint density at radius 3 is 3.11 bits per heavy atom. The number of hydrogen-bond acceptors (Lipinski definition) is 5. The third kappa shape index (κ3) is 1.80. The number of nitrogens with two attached hydrogens (primary N) is 1. The van der Waals surface area contributed by atoms with Crippen LogP contribution in [0, 0.1) is 5.92 Å². The van der Waals surface area contributed by atoms with Crippen LogP contribution in [-0.4, -0.2) is 31.2 Å². The largest absolute Gasteiger partial charge is 0.396 e. The Morgan fingerprint density at radius 2 is 2.42 bits per heavy atom. The number of aromatic nitrogens is 4. The fraction of sp³-hybridized carbons (Fsp3) is 0.364. The lowest BCUT2D eigenvalue weighted by molar-refractivity contribution is 0.224. The normalized spacial score (nSPS) is 22.9. The average Bonchev–Trinajstić information content (AvgIpc) is 2.92. The van der Waals surface area contributed by atoms with E-state index >= 15 is 0 Å². The third-order valence-corrected chi connectivity index (χ3v) is 3.30. The van der Waals surface area contributed by atoms with E-state index < -0.39 is 11.5 Å². The number of aliphatic hydroxyl groups excluding tert-OH is 1. The highest BCUT2D eigenvalue weighted by atomic mass is 19.1. The fourth-order valence-electron chi connectivity index (χ4n) is 2.33. The van der Waals surface area contributed by atoms with E-state index in [4.69, 9.17) is 10.8 Å². The number of nitrogen functional groups attached to an aromatic ring is 1. The Bertz CT molecular complexity index is 719. The van der Waals surface area contributed by atoms with Gasteiger partial charge in [0.15, 0.2) is 11.2 Å². The van der Waals surface area contributed by atoms with E-state index in [9.17, 15) is 9.18 Å². The van der Waals surface area contributed by atoms with E-state index in [0.29, 0.717) is 12.1 Å². The Labute approximate surface area is 106 Å². The van der Waals surface area contributed by atoms with Crippen LogP contribution in [0.15, 0.2) is 23.0 Å². The maximum atomic E-state index is 13.5. The molecule has 8 heteroatoms. The van der Waals surface area contributed by atoms with Crippen LogP contribution in [0.1, 0.15) is 12.5 Å². The molecule has 3 rings (SSSR count). The smallest absolute Gasteiger partial charge is 0.280 e. The first-order valence-corrected chi connectivity index (χ1v) is 5.80. The topological polar surface area (TPSA) is 110 Å². The molecule has 100 valence electrons. The minimum Gasteiger partial charge on any atom is -0.396 e. The van der Waals surface area contributed by atoms with E-state index in [1.165, 1.54) is 12.4 Å². The highest BCUT2D eigenvalue weighted by Crippen LogP contribution is 2.35. The van der Waals surface area contributed by atoms with Crippen molar-refractivity contribution in [3.8, 4) is 0 Å². The number of allylic oxidation sites excluding steroid dienone is 1. The molecule has 0 saturated carbocycles. The fourth-order valence-corrected chi connectivity index (χ4v) is 2.33. The zero-order valence-corrected chi connectivity index (χ0v) is 9.88. The molecule has 0 spiro atoms. The summed E-state index contributed by atoms with van der Waals surface area (Å²) >= 11 is 0. The predicted octanol–water partition coefficient (Wildman–Crippen LogP) is 0.108. The van der Waals surface area contributed by atoms with Gasteiger partial charge in [-0.25, -0.2) is 9.37 Å². The van der Waals surface area contributed by atoms with Gasteiger partial charge in [0.05, 0.1) is 19.0 Å². The molecule has 2 aromatic rings. The summed E-state index contributed by atoms with van der Waals surface area (Å²) in [6.07, 6.45) is 3.24. The number of imidazole rings is 1. The monoisotopic (exact) mass is 265 g/mol. The summed E-state index contributed by atoms with van der Waals surface area (Å²) in [6.45, 7) is -0.248. The van der Waals surface area contributed by atoms with Crippen LogP contribution in [0.25, 0.3) is 11.2 Å². The van der Waals surface area contributed by atoms with Crippen LogP contribution in [-0.2, 0) is 0 Å². The summed E-state index contributed by atoms with van der Waals surface area (Å²) in [7, 11) is 0. The molecule has 1 aliphatic rings. The van der Waals surface area contributed by atoms with Gasteiger partial charge in [-0.15, -0.1) is 0 Å². The van der Waals surface area contributed by atoms with Crippen molar-refractivity contribution in [1.29, 1.82) is 0 Å². The van der Waals surface area contributed by atoms with Crippen molar-refractivity contribution in [2.24, 2.45) is 5.92 Å². The maximum Gasteiger partial charge on any atom is 0.280 e. The van der Waals surface area contributed by atoms with Gasteiger partial charge in [0.2, 0.25) is 5.95 Å². The number of rotatable bonds is 2. The first-order valence-electron chi connectivity index (χ1n) is 5.80. The molecule has 0 saturated heterocycles. The predicted molar refractivity (Wildman–Crippen MR) is 66.0 cm³/mol. The quantitative estimate of drug-likeness (QED) is 0.713. The summed E-state index contributed by atoms with van der Waals surface area (Å²) in [5.74, 6) is -0.880. The van der Waals surface area contributed by atoms with Gasteiger partial charge in [-0.2, -0.15) is 4.98 Å². The molecule has 19 heavy (non-hydrogen) atoms. The summed E-state index contributed by atoms with van der Waals surface area (Å²) in [4.78, 5) is 22.0. The molecule has 2 heterocycles. The van der Waals surface area contributed by atoms with Gasteiger partial charge < -0.3 is 15.4 Å². The Morgan fingerprint density at radius 1 is 1.63 bits per heavy atom. The van der Waals surface area contributed by atoms with Crippen LogP contribution >= 0.6 is 0 Å². The molecule has 0 unspecified atom stereocenters. The highest BCUT2D eigenvalue weighted by Gasteiger charge is 2.28. The third-order valence-electron chi connectivity index (χ3n) is 3.30. The summed E-state index contributed by atoms with van der Waals surface area (Å²) in [6, 6.07) is -0.323. The van der Waals surface area contributed by atoms with E-state index in [-0.39, 0.29) is 29.9 Å². The molecule has 0 bridgehead atoms. The number of aliphatic hydroxyl groups is 1. The lowest BCUT2D eigenvalue weighted by Crippen LogP contribution is -2.13. The zero-order valence-electron chi connectivity index (χ0n) is 9.88. The van der Waals surface area contributed by atoms with E-state index in [1.54, 1.807) is 4.57 Å². The van der Waals surface area contributed by atoms with Crippen molar-refractivity contribution < 1.29 is 9.50 Å². The van der Waals surface area contributed by atoms with Gasteiger partial charge in [-0.05, 0) is 12.5 Å². The molecule has 2 aromatic heterocycles. The van der Waals surface area contributed by atoms with E-state index in [0.717, 1.165) is 0 Å². The molecule has 0 fully saturated rings. The van der Waals surface area contributed by atoms with Crippen LogP contribution in [0.3, 0.4) is 0 Å². The number of anilines is 1. The first kappa shape index (κ1) is 11.8. The minimum absolute atomic E-state index is 0.0135. The zero-order chi connectivity index (χ0) is 13.6. The molecule has 2 atom stereocenters. The van der Waals surface area contributed by atoms with Crippen molar-refractivity contribution in [3.63, 3.8) is 0 Å². The molecular weight excluding hydrogens is 253 g/mol. The second kappa shape index (κ2) is 4.16. The molecule has 1 aliphatic carbocycles. The number of H-pyrrole nitrogens is 1. The summed E-state index contributed by atoms with van der Waals surface area (Å²) in [5, 5.41) is 9.06. The Hall–Kier alpha value is -2.22. The molecule has 0 aliphatic heterocycles. The van der Waals surface area contributed by atoms with Crippen LogP contribution < -0.4 is 11.3 Å². The standard InChI is InChI=1S/C11H12FN5O2/c12-7-2-6(1-5(7)3-18)17-4-14-8-9(17)15-11(13)16-10(8)19/h2,4-6,18H,1,3H2,(H3,13,15,16,19)/t5-,6+/m0/s1. The van der Waals surface area contributed by atoms with E-state index in [1.807, 2.05) is 0 Å². The second-order valence-electron chi connectivity index (χ2n) is 4.51. The Kier molecular flexibility index (Phi) is 2.59. The van der Waals surface area contributed by atoms with Crippen molar-refractivity contribution in [1.82, 2.24) is 19.5 Å².